The first-order chi connectivity index (χ1) is 14.8. The summed E-state index contributed by atoms with van der Waals surface area (Å²) in [6.07, 6.45) is -0.375. The van der Waals surface area contributed by atoms with E-state index in [-0.39, 0.29) is 25.2 Å². The zero-order chi connectivity index (χ0) is 20.5. The SMILES string of the molecule is O=C(OCC1c2ccccc2-c2ccccc21)N1CCOCc2cc(CO)ccc21. The van der Waals surface area contributed by atoms with Crippen molar-refractivity contribution in [3.63, 3.8) is 0 Å². The highest BCUT2D eigenvalue weighted by Crippen LogP contribution is 2.44. The quantitative estimate of drug-likeness (QED) is 0.704. The molecule has 1 aliphatic heterocycles. The van der Waals surface area contributed by atoms with Gasteiger partial charge in [-0.15, -0.1) is 0 Å². The molecule has 1 N–H and O–H groups in total. The summed E-state index contributed by atoms with van der Waals surface area (Å²) in [5, 5.41) is 9.40. The monoisotopic (exact) mass is 401 g/mol. The van der Waals surface area contributed by atoms with Gasteiger partial charge in [-0.1, -0.05) is 54.6 Å². The summed E-state index contributed by atoms with van der Waals surface area (Å²) >= 11 is 0. The Morgan fingerprint density at radius 2 is 1.73 bits per heavy atom. The molecule has 1 amide bonds. The van der Waals surface area contributed by atoms with E-state index in [4.69, 9.17) is 9.47 Å². The molecule has 0 spiro atoms. The largest absolute Gasteiger partial charge is 0.448 e. The fourth-order valence-electron chi connectivity index (χ4n) is 4.44. The molecule has 5 nitrogen and oxygen atoms in total. The molecular formula is C25H23NO4. The maximum atomic E-state index is 13.0. The fraction of sp³-hybridized carbons (Fsp3) is 0.240. The van der Waals surface area contributed by atoms with Gasteiger partial charge in [-0.2, -0.15) is 0 Å². The Morgan fingerprint density at radius 1 is 1.03 bits per heavy atom. The van der Waals surface area contributed by atoms with Crippen LogP contribution in [0.15, 0.2) is 66.7 Å². The van der Waals surface area contributed by atoms with E-state index in [1.165, 1.54) is 22.3 Å². The van der Waals surface area contributed by atoms with Gasteiger partial charge in [0.05, 0.1) is 32.1 Å². The predicted octanol–water partition coefficient (Wildman–Crippen LogP) is 4.46. The van der Waals surface area contributed by atoms with Crippen LogP contribution < -0.4 is 4.90 Å². The number of ether oxygens (including phenoxy) is 2. The number of fused-ring (bicyclic) bond motifs is 4. The lowest BCUT2D eigenvalue weighted by Gasteiger charge is -2.23. The molecule has 5 rings (SSSR count). The number of anilines is 1. The van der Waals surface area contributed by atoms with Crippen molar-refractivity contribution in [1.82, 2.24) is 0 Å². The highest BCUT2D eigenvalue weighted by atomic mass is 16.6. The Labute approximate surface area is 175 Å². The standard InChI is InChI=1S/C25H23NO4/c27-14-17-9-10-24-18(13-17)15-29-12-11-26(24)25(28)30-16-23-21-7-3-1-5-19(21)20-6-2-4-8-22(20)23/h1-10,13,23,27H,11-12,14-16H2. The number of nitrogens with zero attached hydrogens (tertiary/aromatic N) is 1. The Morgan fingerprint density at radius 3 is 2.43 bits per heavy atom. The van der Waals surface area contributed by atoms with Gasteiger partial charge in [-0.25, -0.2) is 4.79 Å². The number of rotatable bonds is 3. The second kappa shape index (κ2) is 7.94. The molecule has 0 saturated heterocycles. The summed E-state index contributed by atoms with van der Waals surface area (Å²) in [5.41, 5.74) is 7.26. The molecule has 3 aromatic carbocycles. The zero-order valence-corrected chi connectivity index (χ0v) is 16.6. The van der Waals surface area contributed by atoms with Crippen molar-refractivity contribution < 1.29 is 19.4 Å². The smallest absolute Gasteiger partial charge is 0.414 e. The molecule has 30 heavy (non-hydrogen) atoms. The van der Waals surface area contributed by atoms with Crippen molar-refractivity contribution >= 4 is 11.8 Å². The van der Waals surface area contributed by atoms with Crippen LogP contribution in [0.4, 0.5) is 10.5 Å². The van der Waals surface area contributed by atoms with E-state index >= 15 is 0 Å². The van der Waals surface area contributed by atoms with Gasteiger partial charge in [-0.05, 0) is 39.9 Å². The Hall–Kier alpha value is -3.15. The van der Waals surface area contributed by atoms with Crippen LogP contribution >= 0.6 is 0 Å². The summed E-state index contributed by atoms with van der Waals surface area (Å²) in [7, 11) is 0. The van der Waals surface area contributed by atoms with Gasteiger partial charge in [0.2, 0.25) is 0 Å². The van der Waals surface area contributed by atoms with Gasteiger partial charge in [0, 0.05) is 11.5 Å². The molecule has 1 aliphatic carbocycles. The van der Waals surface area contributed by atoms with Gasteiger partial charge in [-0.3, -0.25) is 4.90 Å². The fourth-order valence-corrected chi connectivity index (χ4v) is 4.44. The van der Waals surface area contributed by atoms with E-state index in [2.05, 4.69) is 24.3 Å². The molecular weight excluding hydrogens is 378 g/mol. The lowest BCUT2D eigenvalue weighted by Crippen LogP contribution is -2.34. The average Bonchev–Trinajstić information content (AvgIpc) is 2.95. The zero-order valence-electron chi connectivity index (χ0n) is 16.6. The molecule has 2 aliphatic rings. The van der Waals surface area contributed by atoms with Gasteiger partial charge in [0.15, 0.2) is 0 Å². The summed E-state index contributed by atoms with van der Waals surface area (Å²) in [4.78, 5) is 14.7. The molecule has 0 atom stereocenters. The maximum Gasteiger partial charge on any atom is 0.414 e. The second-order valence-electron chi connectivity index (χ2n) is 7.63. The van der Waals surface area contributed by atoms with Crippen LogP contribution in [0.2, 0.25) is 0 Å². The van der Waals surface area contributed by atoms with Gasteiger partial charge in [0.1, 0.15) is 6.61 Å². The summed E-state index contributed by atoms with van der Waals surface area (Å²) in [5.74, 6) is 0.0285. The van der Waals surface area contributed by atoms with E-state index in [1.807, 2.05) is 42.5 Å². The van der Waals surface area contributed by atoms with Crippen LogP contribution in [0, 0.1) is 0 Å². The van der Waals surface area contributed by atoms with Crippen LogP contribution in [0.3, 0.4) is 0 Å². The third-order valence-corrected chi connectivity index (χ3v) is 5.89. The summed E-state index contributed by atoms with van der Waals surface area (Å²) in [6.45, 7) is 1.53. The molecule has 0 saturated carbocycles. The molecule has 0 radical (unpaired) electrons. The van der Waals surface area contributed by atoms with Crippen molar-refractivity contribution in [3.8, 4) is 11.1 Å². The van der Waals surface area contributed by atoms with Crippen LogP contribution in [-0.4, -0.2) is 31.0 Å². The molecule has 0 fully saturated rings. The minimum atomic E-state index is -0.375. The molecule has 1 heterocycles. The number of carbonyl (C=O) groups is 1. The number of benzene rings is 3. The summed E-state index contributed by atoms with van der Waals surface area (Å²) in [6, 6.07) is 22.2. The second-order valence-corrected chi connectivity index (χ2v) is 7.63. The third kappa shape index (κ3) is 3.26. The van der Waals surface area contributed by atoms with E-state index in [0.29, 0.717) is 19.8 Å². The Kier molecular flexibility index (Phi) is 4.99. The number of hydrogen-bond acceptors (Lipinski definition) is 4. The number of aliphatic hydroxyl groups excluding tert-OH is 1. The highest BCUT2D eigenvalue weighted by Gasteiger charge is 2.30. The van der Waals surface area contributed by atoms with Crippen molar-refractivity contribution in [2.75, 3.05) is 24.7 Å². The minimum absolute atomic E-state index is 0.0285. The van der Waals surface area contributed by atoms with Crippen LogP contribution in [0.25, 0.3) is 11.1 Å². The molecule has 5 heteroatoms. The van der Waals surface area contributed by atoms with Crippen molar-refractivity contribution in [1.29, 1.82) is 0 Å². The van der Waals surface area contributed by atoms with Gasteiger partial charge in [0.25, 0.3) is 0 Å². The van der Waals surface area contributed by atoms with Crippen LogP contribution in [-0.2, 0) is 22.7 Å². The van der Waals surface area contributed by atoms with E-state index in [0.717, 1.165) is 16.8 Å². The van der Waals surface area contributed by atoms with E-state index < -0.39 is 0 Å². The van der Waals surface area contributed by atoms with Crippen molar-refractivity contribution in [3.05, 3.63) is 89.0 Å². The Bertz CT molecular complexity index is 1050. The molecule has 0 unspecified atom stereocenters. The lowest BCUT2D eigenvalue weighted by molar-refractivity contribution is 0.126. The number of carbonyl (C=O) groups excluding carboxylic acids is 1. The topological polar surface area (TPSA) is 59.0 Å². The van der Waals surface area contributed by atoms with Crippen LogP contribution in [0.5, 0.6) is 0 Å². The number of amides is 1. The number of aliphatic hydroxyl groups is 1. The first-order valence-corrected chi connectivity index (χ1v) is 10.2. The van der Waals surface area contributed by atoms with Gasteiger partial charge >= 0.3 is 6.09 Å². The van der Waals surface area contributed by atoms with Crippen molar-refractivity contribution in [2.45, 2.75) is 19.1 Å². The average molecular weight is 401 g/mol. The summed E-state index contributed by atoms with van der Waals surface area (Å²) < 4.78 is 11.5. The molecule has 152 valence electrons. The highest BCUT2D eigenvalue weighted by molar-refractivity contribution is 5.89. The van der Waals surface area contributed by atoms with E-state index in [9.17, 15) is 9.90 Å². The first-order valence-electron chi connectivity index (χ1n) is 10.2. The molecule has 3 aromatic rings. The first kappa shape index (κ1) is 18.9. The van der Waals surface area contributed by atoms with E-state index in [1.54, 1.807) is 4.90 Å². The molecule has 0 aromatic heterocycles. The van der Waals surface area contributed by atoms with Crippen molar-refractivity contribution in [2.24, 2.45) is 0 Å². The normalized spacial score (nSPS) is 15.2. The Balaban J connectivity index is 1.38. The maximum absolute atomic E-state index is 13.0. The van der Waals surface area contributed by atoms with Gasteiger partial charge < -0.3 is 14.6 Å². The lowest BCUT2D eigenvalue weighted by atomic mass is 9.98. The predicted molar refractivity (Wildman–Crippen MR) is 114 cm³/mol. The third-order valence-electron chi connectivity index (χ3n) is 5.89. The molecule has 0 bridgehead atoms. The number of hydrogen-bond donors (Lipinski definition) is 1. The minimum Gasteiger partial charge on any atom is -0.448 e. The van der Waals surface area contributed by atoms with Crippen LogP contribution in [0.1, 0.15) is 28.2 Å².